The highest BCUT2D eigenvalue weighted by Gasteiger charge is 2.31. The number of hydrogen-bond acceptors (Lipinski definition) is 7. The van der Waals surface area contributed by atoms with Crippen molar-refractivity contribution in [2.24, 2.45) is 0 Å². The van der Waals surface area contributed by atoms with Crippen LogP contribution in [-0.4, -0.2) is 54.5 Å². The highest BCUT2D eigenvalue weighted by atomic mass is 32.2. The molecule has 1 saturated heterocycles. The first kappa shape index (κ1) is 26.7. The Balaban J connectivity index is 1.67. The Hall–Kier alpha value is -2.88. The molecule has 0 atom stereocenters. The van der Waals surface area contributed by atoms with E-state index < -0.39 is 0 Å². The lowest BCUT2D eigenvalue weighted by Crippen LogP contribution is -2.29. The van der Waals surface area contributed by atoms with Crippen molar-refractivity contribution >= 4 is 51.9 Å². The molecule has 7 nitrogen and oxygen atoms in total. The molecular weight excluding hydrogens is 484 g/mol. The average molecular weight is 515 g/mol. The summed E-state index contributed by atoms with van der Waals surface area (Å²) in [5, 5.41) is 2.84. The van der Waals surface area contributed by atoms with Crippen molar-refractivity contribution in [2.45, 2.75) is 27.2 Å². The average Bonchev–Trinajstić information content (AvgIpc) is 3.08. The second-order valence-corrected chi connectivity index (χ2v) is 9.63. The van der Waals surface area contributed by atoms with E-state index in [4.69, 9.17) is 26.4 Å². The van der Waals surface area contributed by atoms with Gasteiger partial charge in [0.05, 0.1) is 11.5 Å². The van der Waals surface area contributed by atoms with Crippen LogP contribution in [-0.2, 0) is 14.3 Å². The molecule has 0 radical (unpaired) electrons. The Morgan fingerprint density at radius 2 is 1.91 bits per heavy atom. The summed E-state index contributed by atoms with van der Waals surface area (Å²) in [5.41, 5.74) is 3.76. The van der Waals surface area contributed by atoms with Gasteiger partial charge in [-0.15, -0.1) is 0 Å². The summed E-state index contributed by atoms with van der Waals surface area (Å²) in [5.74, 6) is 0.566. The van der Waals surface area contributed by atoms with Gasteiger partial charge in [-0.1, -0.05) is 36.1 Å². The molecule has 3 rings (SSSR count). The lowest BCUT2D eigenvalue weighted by atomic mass is 10.1. The zero-order valence-corrected chi connectivity index (χ0v) is 22.0. The van der Waals surface area contributed by atoms with Gasteiger partial charge in [-0.05, 0) is 74.2 Å². The molecule has 1 N–H and O–H groups in total. The van der Waals surface area contributed by atoms with E-state index in [0.717, 1.165) is 22.4 Å². The fraction of sp³-hybridized carbons (Fsp3) is 0.346. The SMILES string of the molecule is CCOc1cc(/C=C2\SC(=S)N(CCCOC)C2=O)ccc1OCC(=O)Nc1ccc(C)c(C)c1. The van der Waals surface area contributed by atoms with Crippen molar-refractivity contribution in [1.29, 1.82) is 0 Å². The van der Waals surface area contributed by atoms with Crippen LogP contribution in [0.1, 0.15) is 30.0 Å². The molecule has 1 heterocycles. The van der Waals surface area contributed by atoms with Crippen LogP contribution >= 0.6 is 24.0 Å². The van der Waals surface area contributed by atoms with Crippen molar-refractivity contribution in [2.75, 3.05) is 38.8 Å². The molecule has 0 saturated carbocycles. The van der Waals surface area contributed by atoms with Gasteiger partial charge >= 0.3 is 0 Å². The minimum Gasteiger partial charge on any atom is -0.490 e. The van der Waals surface area contributed by atoms with Gasteiger partial charge in [0.25, 0.3) is 11.8 Å². The summed E-state index contributed by atoms with van der Waals surface area (Å²) in [6.45, 7) is 7.25. The molecule has 0 spiro atoms. The maximum Gasteiger partial charge on any atom is 0.266 e. The monoisotopic (exact) mass is 514 g/mol. The van der Waals surface area contributed by atoms with Crippen LogP contribution in [0.15, 0.2) is 41.3 Å². The van der Waals surface area contributed by atoms with Gasteiger partial charge in [-0.25, -0.2) is 0 Å². The summed E-state index contributed by atoms with van der Waals surface area (Å²) in [7, 11) is 1.63. The maximum absolute atomic E-state index is 12.8. The molecule has 1 aliphatic heterocycles. The van der Waals surface area contributed by atoms with Crippen molar-refractivity contribution in [3.63, 3.8) is 0 Å². The zero-order valence-electron chi connectivity index (χ0n) is 20.4. The van der Waals surface area contributed by atoms with E-state index >= 15 is 0 Å². The van der Waals surface area contributed by atoms with Crippen molar-refractivity contribution < 1.29 is 23.8 Å². The molecule has 0 unspecified atom stereocenters. The third-order valence-corrected chi connectivity index (χ3v) is 6.70. The summed E-state index contributed by atoms with van der Waals surface area (Å²) in [6, 6.07) is 11.1. The summed E-state index contributed by atoms with van der Waals surface area (Å²) < 4.78 is 17.1. The quantitative estimate of drug-likeness (QED) is 0.258. The van der Waals surface area contributed by atoms with E-state index in [9.17, 15) is 9.59 Å². The highest BCUT2D eigenvalue weighted by Crippen LogP contribution is 2.35. The number of benzene rings is 2. The molecule has 0 aromatic heterocycles. The third-order valence-electron chi connectivity index (χ3n) is 5.32. The Bertz CT molecular complexity index is 1130. The molecule has 2 amide bonds. The van der Waals surface area contributed by atoms with Crippen LogP contribution in [0.5, 0.6) is 11.5 Å². The van der Waals surface area contributed by atoms with Gasteiger partial charge < -0.3 is 19.5 Å². The molecule has 1 fully saturated rings. The second-order valence-electron chi connectivity index (χ2n) is 7.95. The number of rotatable bonds is 11. The summed E-state index contributed by atoms with van der Waals surface area (Å²) >= 11 is 6.65. The van der Waals surface area contributed by atoms with Crippen molar-refractivity contribution in [3.05, 3.63) is 58.0 Å². The molecule has 0 bridgehead atoms. The van der Waals surface area contributed by atoms with Crippen LogP contribution in [0, 0.1) is 13.8 Å². The minimum atomic E-state index is -0.267. The van der Waals surface area contributed by atoms with Gasteiger partial charge in [0.15, 0.2) is 18.1 Å². The number of carbonyl (C=O) groups excluding carboxylic acids is 2. The number of thioether (sulfide) groups is 1. The Labute approximate surface area is 215 Å². The first-order chi connectivity index (χ1) is 16.8. The number of aryl methyl sites for hydroxylation is 2. The van der Waals surface area contributed by atoms with E-state index in [1.165, 1.54) is 11.8 Å². The number of nitrogens with zero attached hydrogens (tertiary/aromatic N) is 1. The number of hydrogen-bond donors (Lipinski definition) is 1. The molecule has 186 valence electrons. The first-order valence-corrected chi connectivity index (χ1v) is 12.6. The molecule has 1 aliphatic rings. The largest absolute Gasteiger partial charge is 0.490 e. The van der Waals surface area contributed by atoms with E-state index in [1.807, 2.05) is 45.0 Å². The van der Waals surface area contributed by atoms with Gasteiger partial charge in [-0.2, -0.15) is 0 Å². The number of amides is 2. The first-order valence-electron chi connectivity index (χ1n) is 11.3. The number of carbonyl (C=O) groups is 2. The number of ether oxygens (including phenoxy) is 3. The normalized spacial score (nSPS) is 14.5. The molecule has 0 aliphatic carbocycles. The topological polar surface area (TPSA) is 77.1 Å². The number of nitrogens with one attached hydrogen (secondary N) is 1. The predicted molar refractivity (Wildman–Crippen MR) is 144 cm³/mol. The predicted octanol–water partition coefficient (Wildman–Crippen LogP) is 4.96. The van der Waals surface area contributed by atoms with Crippen molar-refractivity contribution in [1.82, 2.24) is 4.90 Å². The maximum atomic E-state index is 12.8. The van der Waals surface area contributed by atoms with Gasteiger partial charge in [0.2, 0.25) is 0 Å². The Kier molecular flexibility index (Phi) is 9.71. The fourth-order valence-corrected chi connectivity index (χ4v) is 4.68. The fourth-order valence-electron chi connectivity index (χ4n) is 3.37. The van der Waals surface area contributed by atoms with E-state index in [-0.39, 0.29) is 18.4 Å². The van der Waals surface area contributed by atoms with E-state index in [0.29, 0.717) is 46.9 Å². The highest BCUT2D eigenvalue weighted by molar-refractivity contribution is 8.26. The van der Waals surface area contributed by atoms with Crippen LogP contribution in [0.4, 0.5) is 5.69 Å². The van der Waals surface area contributed by atoms with Crippen LogP contribution in [0.2, 0.25) is 0 Å². The third kappa shape index (κ3) is 7.30. The summed E-state index contributed by atoms with van der Waals surface area (Å²) in [6.07, 6.45) is 2.50. The van der Waals surface area contributed by atoms with Crippen LogP contribution < -0.4 is 14.8 Å². The van der Waals surface area contributed by atoms with E-state index in [2.05, 4.69) is 5.32 Å². The lowest BCUT2D eigenvalue weighted by molar-refractivity contribution is -0.122. The number of anilines is 1. The molecule has 9 heteroatoms. The minimum absolute atomic E-state index is 0.114. The standard InChI is InChI=1S/C26H30N2O5S2/c1-5-32-22-14-19(15-23-25(30)28(26(34)35-23)11-6-12-31-4)8-10-21(22)33-16-24(29)27-20-9-7-17(2)18(3)13-20/h7-10,13-15H,5-6,11-12,16H2,1-4H3,(H,27,29)/b23-15-. The molecule has 2 aromatic carbocycles. The summed E-state index contributed by atoms with van der Waals surface area (Å²) in [4.78, 5) is 27.3. The van der Waals surface area contributed by atoms with Gasteiger partial charge in [0, 0.05) is 25.9 Å². The van der Waals surface area contributed by atoms with Crippen LogP contribution in [0.25, 0.3) is 6.08 Å². The van der Waals surface area contributed by atoms with E-state index in [1.54, 1.807) is 30.2 Å². The molecule has 2 aromatic rings. The molecular formula is C26H30N2O5S2. The van der Waals surface area contributed by atoms with Gasteiger partial charge in [0.1, 0.15) is 4.32 Å². The Morgan fingerprint density at radius 3 is 2.63 bits per heavy atom. The van der Waals surface area contributed by atoms with Crippen LogP contribution in [0.3, 0.4) is 0 Å². The smallest absolute Gasteiger partial charge is 0.266 e. The lowest BCUT2D eigenvalue weighted by Gasteiger charge is -2.14. The van der Waals surface area contributed by atoms with Gasteiger partial charge in [-0.3, -0.25) is 14.5 Å². The number of thiocarbonyl (C=S) groups is 1. The Morgan fingerprint density at radius 1 is 1.11 bits per heavy atom. The number of methoxy groups -OCH3 is 1. The van der Waals surface area contributed by atoms with Crippen molar-refractivity contribution in [3.8, 4) is 11.5 Å². The zero-order chi connectivity index (χ0) is 25.4. The molecule has 35 heavy (non-hydrogen) atoms. The second kappa shape index (κ2) is 12.7.